The molecule has 0 fully saturated rings. The van der Waals surface area contributed by atoms with E-state index in [1.54, 1.807) is 35.2 Å². The summed E-state index contributed by atoms with van der Waals surface area (Å²) in [6.45, 7) is 2.61. The molecule has 8 nitrogen and oxygen atoms in total. The van der Waals surface area contributed by atoms with Crippen LogP contribution in [0.25, 0.3) is 0 Å². The molecule has 0 bridgehead atoms. The smallest absolute Gasteiger partial charge is 0.339 e. The molecule has 2 amide bonds. The van der Waals surface area contributed by atoms with E-state index in [1.165, 1.54) is 25.6 Å². The van der Waals surface area contributed by atoms with Crippen LogP contribution in [0, 0.1) is 0 Å². The zero-order chi connectivity index (χ0) is 25.1. The van der Waals surface area contributed by atoms with Gasteiger partial charge in [-0.2, -0.15) is 0 Å². The topological polar surface area (TPSA) is 105 Å². The summed E-state index contributed by atoms with van der Waals surface area (Å²) in [6.07, 6.45) is 1.23. The van der Waals surface area contributed by atoms with Gasteiger partial charge in [0.1, 0.15) is 16.5 Å². The van der Waals surface area contributed by atoms with Gasteiger partial charge in [-0.25, -0.2) is 4.79 Å². The van der Waals surface area contributed by atoms with E-state index in [1.807, 2.05) is 19.1 Å². The molecule has 1 aliphatic heterocycles. The highest BCUT2D eigenvalue weighted by Crippen LogP contribution is 2.38. The Morgan fingerprint density at radius 2 is 1.83 bits per heavy atom. The summed E-state index contributed by atoms with van der Waals surface area (Å²) < 4.78 is 10.6. The second-order valence-corrected chi connectivity index (χ2v) is 9.17. The molecule has 1 aliphatic rings. The zero-order valence-electron chi connectivity index (χ0n) is 19.7. The first-order valence-electron chi connectivity index (χ1n) is 11.2. The number of aryl methyl sites for hydroxylation is 1. The molecule has 0 aliphatic carbocycles. The fourth-order valence-corrected chi connectivity index (χ4v) is 5.36. The predicted molar refractivity (Wildman–Crippen MR) is 133 cm³/mol. The summed E-state index contributed by atoms with van der Waals surface area (Å²) in [5.41, 5.74) is 2.67. The average molecular weight is 495 g/mol. The Morgan fingerprint density at radius 3 is 2.46 bits per heavy atom. The molecule has 0 radical (unpaired) electrons. The van der Waals surface area contributed by atoms with Crippen molar-refractivity contribution in [2.24, 2.45) is 0 Å². The van der Waals surface area contributed by atoms with Gasteiger partial charge in [-0.15, -0.1) is 11.3 Å². The number of methoxy groups -OCH3 is 2. The van der Waals surface area contributed by atoms with Crippen molar-refractivity contribution in [3.8, 4) is 11.5 Å². The van der Waals surface area contributed by atoms with Crippen LogP contribution in [-0.4, -0.2) is 48.6 Å². The number of aromatic carboxylic acids is 1. The number of carboxylic acid groups (broad SMARTS) is 1. The second kappa shape index (κ2) is 10.2. The number of fused-ring (bicyclic) bond motifs is 1. The van der Waals surface area contributed by atoms with Gasteiger partial charge in [0.25, 0.3) is 11.8 Å². The number of rotatable bonds is 7. The van der Waals surface area contributed by atoms with E-state index in [2.05, 4.69) is 5.32 Å². The Morgan fingerprint density at radius 1 is 1.09 bits per heavy atom. The van der Waals surface area contributed by atoms with Crippen molar-refractivity contribution in [3.63, 3.8) is 0 Å². The van der Waals surface area contributed by atoms with E-state index in [-0.39, 0.29) is 28.9 Å². The van der Waals surface area contributed by atoms with Gasteiger partial charge >= 0.3 is 5.97 Å². The Bertz CT molecular complexity index is 1280. The Balaban J connectivity index is 1.60. The summed E-state index contributed by atoms with van der Waals surface area (Å²) in [6, 6.07) is 12.2. The minimum absolute atomic E-state index is 0.0922. The summed E-state index contributed by atoms with van der Waals surface area (Å²) in [5, 5.41) is 12.9. The summed E-state index contributed by atoms with van der Waals surface area (Å²) in [7, 11) is 3.02. The van der Waals surface area contributed by atoms with Gasteiger partial charge < -0.3 is 24.8 Å². The minimum Gasteiger partial charge on any atom is -0.497 e. The van der Waals surface area contributed by atoms with Crippen LogP contribution >= 0.6 is 11.3 Å². The van der Waals surface area contributed by atoms with Gasteiger partial charge in [0.05, 0.1) is 31.9 Å². The molecule has 35 heavy (non-hydrogen) atoms. The molecule has 2 N–H and O–H groups in total. The third-order valence-corrected chi connectivity index (χ3v) is 7.18. The second-order valence-electron chi connectivity index (χ2n) is 8.06. The van der Waals surface area contributed by atoms with Crippen LogP contribution in [-0.2, 0) is 19.4 Å². The van der Waals surface area contributed by atoms with Crippen molar-refractivity contribution in [1.29, 1.82) is 0 Å². The standard InChI is InChI=1S/C26H26N2O6S/c1-4-15-5-7-16(8-6-15)23(29)27-24-22(26(31)32)18-11-12-28(14-21(18)35-24)25(30)19-13-17(33-2)9-10-20(19)34-3/h5-10,13H,4,11-12,14H2,1-3H3,(H,27,29)(H,31,32). The van der Waals surface area contributed by atoms with Crippen molar-refractivity contribution in [3.05, 3.63) is 75.2 Å². The molecule has 0 spiro atoms. The van der Waals surface area contributed by atoms with E-state index in [4.69, 9.17) is 9.47 Å². The Kier molecular flexibility index (Phi) is 7.07. The van der Waals surface area contributed by atoms with Crippen LogP contribution in [0.3, 0.4) is 0 Å². The number of carboxylic acids is 1. The average Bonchev–Trinajstić information content (AvgIpc) is 3.24. The molecule has 2 aromatic carbocycles. The zero-order valence-corrected chi connectivity index (χ0v) is 20.5. The van der Waals surface area contributed by atoms with E-state index < -0.39 is 5.97 Å². The molecule has 3 aromatic rings. The molecule has 0 saturated carbocycles. The highest BCUT2D eigenvalue weighted by molar-refractivity contribution is 7.17. The number of amides is 2. The fraction of sp³-hybridized carbons (Fsp3) is 0.269. The SMILES string of the molecule is CCc1ccc(C(=O)Nc2sc3c(c2C(=O)O)CCN(C(=O)c2cc(OC)ccc2OC)C3)cc1. The monoisotopic (exact) mass is 494 g/mol. The van der Waals surface area contributed by atoms with Gasteiger partial charge in [-0.1, -0.05) is 19.1 Å². The maximum atomic E-state index is 13.3. The lowest BCUT2D eigenvalue weighted by Crippen LogP contribution is -2.36. The first kappa shape index (κ1) is 24.3. The lowest BCUT2D eigenvalue weighted by Gasteiger charge is -2.27. The Labute approximate surface area is 207 Å². The van der Waals surface area contributed by atoms with Gasteiger partial charge in [0, 0.05) is 17.0 Å². The van der Waals surface area contributed by atoms with Crippen LogP contribution in [0.15, 0.2) is 42.5 Å². The van der Waals surface area contributed by atoms with Crippen LogP contribution in [0.2, 0.25) is 0 Å². The molecular formula is C26H26N2O6S. The largest absolute Gasteiger partial charge is 0.497 e. The molecule has 1 aromatic heterocycles. The number of thiophene rings is 1. The molecule has 4 rings (SSSR count). The highest BCUT2D eigenvalue weighted by Gasteiger charge is 2.31. The predicted octanol–water partition coefficient (Wildman–Crippen LogP) is 4.48. The van der Waals surface area contributed by atoms with Gasteiger partial charge in [0.2, 0.25) is 0 Å². The number of carbonyl (C=O) groups is 3. The Hall–Kier alpha value is -3.85. The summed E-state index contributed by atoms with van der Waals surface area (Å²) in [5.74, 6) is -0.747. The number of hydrogen-bond donors (Lipinski definition) is 2. The molecule has 0 atom stereocenters. The summed E-state index contributed by atoms with van der Waals surface area (Å²) in [4.78, 5) is 40.6. The van der Waals surface area contributed by atoms with Crippen LogP contribution in [0.5, 0.6) is 11.5 Å². The van der Waals surface area contributed by atoms with Gasteiger partial charge in [-0.05, 0) is 54.3 Å². The first-order valence-corrected chi connectivity index (χ1v) is 12.0. The lowest BCUT2D eigenvalue weighted by atomic mass is 10.0. The van der Waals surface area contributed by atoms with Crippen molar-refractivity contribution >= 4 is 34.1 Å². The normalized spacial score (nSPS) is 12.6. The van der Waals surface area contributed by atoms with Crippen molar-refractivity contribution in [2.75, 3.05) is 26.1 Å². The maximum absolute atomic E-state index is 13.3. The molecular weight excluding hydrogens is 468 g/mol. The van der Waals surface area contributed by atoms with E-state index in [9.17, 15) is 19.5 Å². The van der Waals surface area contributed by atoms with Crippen LogP contribution < -0.4 is 14.8 Å². The molecule has 0 unspecified atom stereocenters. The number of carbonyl (C=O) groups excluding carboxylic acids is 2. The number of nitrogens with one attached hydrogen (secondary N) is 1. The fourth-order valence-electron chi connectivity index (χ4n) is 4.11. The summed E-state index contributed by atoms with van der Waals surface area (Å²) >= 11 is 1.19. The van der Waals surface area contributed by atoms with Crippen molar-refractivity contribution in [1.82, 2.24) is 4.90 Å². The number of anilines is 1. The number of hydrogen-bond acceptors (Lipinski definition) is 6. The third kappa shape index (κ3) is 4.85. The van der Waals surface area contributed by atoms with Crippen molar-refractivity contribution in [2.45, 2.75) is 26.3 Å². The molecule has 182 valence electrons. The third-order valence-electron chi connectivity index (χ3n) is 6.05. The number of ether oxygens (including phenoxy) is 2. The molecule has 9 heteroatoms. The van der Waals surface area contributed by atoms with E-state index in [0.29, 0.717) is 41.2 Å². The van der Waals surface area contributed by atoms with Crippen molar-refractivity contribution < 1.29 is 29.0 Å². The molecule has 0 saturated heterocycles. The van der Waals surface area contributed by atoms with Gasteiger partial charge in [0.15, 0.2) is 0 Å². The van der Waals surface area contributed by atoms with Crippen LogP contribution in [0.1, 0.15) is 54.0 Å². The van der Waals surface area contributed by atoms with Gasteiger partial charge in [-0.3, -0.25) is 9.59 Å². The number of benzene rings is 2. The first-order chi connectivity index (χ1) is 16.9. The van der Waals surface area contributed by atoms with Crippen LogP contribution in [0.4, 0.5) is 5.00 Å². The highest BCUT2D eigenvalue weighted by atomic mass is 32.1. The lowest BCUT2D eigenvalue weighted by molar-refractivity contribution is 0.0696. The number of nitrogens with zero attached hydrogens (tertiary/aromatic N) is 1. The van der Waals surface area contributed by atoms with E-state index in [0.717, 1.165) is 16.9 Å². The minimum atomic E-state index is -1.10. The maximum Gasteiger partial charge on any atom is 0.339 e. The van der Waals surface area contributed by atoms with E-state index >= 15 is 0 Å². The molecule has 2 heterocycles. The quantitative estimate of drug-likeness (QED) is 0.502.